The van der Waals surface area contributed by atoms with Gasteiger partial charge in [-0.1, -0.05) is 0 Å². The van der Waals surface area contributed by atoms with Gasteiger partial charge in [0, 0.05) is 48.4 Å². The zero-order valence-electron chi connectivity index (χ0n) is 19.7. The summed E-state index contributed by atoms with van der Waals surface area (Å²) in [5.74, 6) is 1.58. The number of aromatic nitrogens is 4. The molecule has 2 fully saturated rings. The van der Waals surface area contributed by atoms with E-state index in [-0.39, 0.29) is 11.9 Å². The monoisotopic (exact) mass is 474 g/mol. The molecule has 6 rings (SSSR count). The number of nitrogens with zero attached hydrogens (tertiary/aromatic N) is 5. The van der Waals surface area contributed by atoms with E-state index in [1.54, 1.807) is 10.6 Å². The number of piperidine rings is 1. The molecule has 2 aliphatic heterocycles. The molecule has 0 amide bonds. The van der Waals surface area contributed by atoms with Crippen molar-refractivity contribution in [2.24, 2.45) is 0 Å². The van der Waals surface area contributed by atoms with E-state index in [4.69, 9.17) is 9.47 Å². The number of pyridine rings is 3. The van der Waals surface area contributed by atoms with Crippen LogP contribution in [0.15, 0.2) is 55.0 Å². The molecule has 1 N–H and O–H groups in total. The molecule has 2 bridgehead atoms. The average Bonchev–Trinajstić information content (AvgIpc) is 3.24. The van der Waals surface area contributed by atoms with Crippen molar-refractivity contribution in [3.05, 3.63) is 66.5 Å². The standard InChI is InChI=1S/C26H27FN6O2/c1-16-7-23(24(13-28-16)35-22-9-20-14-34-15-21(10-22)32(20)2)17-5-6-33-19(8-17)11-26(31-33)30-25-4-3-18(27)12-29-25/h3-8,11-13,20-22H,9-10,14-15H2,1-2H3,(H,29,30,31)/t20-,21+,22?. The molecule has 4 aromatic heterocycles. The quantitative estimate of drug-likeness (QED) is 0.464. The van der Waals surface area contributed by atoms with Gasteiger partial charge in [-0.3, -0.25) is 9.88 Å². The van der Waals surface area contributed by atoms with Crippen LogP contribution in [0, 0.1) is 12.7 Å². The van der Waals surface area contributed by atoms with Crippen LogP contribution < -0.4 is 10.1 Å². The first-order valence-corrected chi connectivity index (χ1v) is 11.8. The highest BCUT2D eigenvalue weighted by Crippen LogP contribution is 2.35. The largest absolute Gasteiger partial charge is 0.488 e. The van der Waals surface area contributed by atoms with Gasteiger partial charge in [0.25, 0.3) is 0 Å². The van der Waals surface area contributed by atoms with Crippen LogP contribution in [0.25, 0.3) is 16.6 Å². The summed E-state index contributed by atoms with van der Waals surface area (Å²) in [6.07, 6.45) is 6.94. The van der Waals surface area contributed by atoms with Crippen molar-refractivity contribution < 1.29 is 13.9 Å². The van der Waals surface area contributed by atoms with Crippen molar-refractivity contribution in [2.45, 2.75) is 38.0 Å². The molecule has 35 heavy (non-hydrogen) atoms. The second-order valence-corrected chi connectivity index (χ2v) is 9.34. The number of anilines is 2. The highest BCUT2D eigenvalue weighted by atomic mass is 19.1. The third kappa shape index (κ3) is 4.44. The maximum absolute atomic E-state index is 13.2. The molecule has 9 heteroatoms. The van der Waals surface area contributed by atoms with Crippen molar-refractivity contribution in [1.82, 2.24) is 24.5 Å². The van der Waals surface area contributed by atoms with Gasteiger partial charge in [0.05, 0.1) is 31.1 Å². The molecule has 6 heterocycles. The van der Waals surface area contributed by atoms with Gasteiger partial charge < -0.3 is 14.8 Å². The van der Waals surface area contributed by atoms with Crippen LogP contribution in [0.4, 0.5) is 16.0 Å². The topological polar surface area (TPSA) is 76.8 Å². The van der Waals surface area contributed by atoms with Crippen LogP contribution in [-0.2, 0) is 4.74 Å². The lowest BCUT2D eigenvalue weighted by molar-refractivity contribution is -0.0879. The molecule has 0 aromatic carbocycles. The Morgan fingerprint density at radius 2 is 1.86 bits per heavy atom. The number of fused-ring (bicyclic) bond motifs is 3. The van der Waals surface area contributed by atoms with E-state index in [2.05, 4.69) is 44.5 Å². The summed E-state index contributed by atoms with van der Waals surface area (Å²) in [6, 6.07) is 11.8. The zero-order chi connectivity index (χ0) is 23.9. The number of nitrogens with one attached hydrogen (secondary N) is 1. The van der Waals surface area contributed by atoms with E-state index in [0.717, 1.165) is 54.1 Å². The number of likely N-dealkylation sites (N-methyl/N-ethyl adjacent to an activating group) is 1. The summed E-state index contributed by atoms with van der Waals surface area (Å²) in [7, 11) is 2.18. The molecule has 1 unspecified atom stereocenters. The highest BCUT2D eigenvalue weighted by Gasteiger charge is 2.38. The van der Waals surface area contributed by atoms with E-state index in [1.807, 2.05) is 31.5 Å². The summed E-state index contributed by atoms with van der Waals surface area (Å²) >= 11 is 0. The summed E-state index contributed by atoms with van der Waals surface area (Å²) in [4.78, 5) is 11.0. The number of morpholine rings is 1. The predicted octanol–water partition coefficient (Wildman–Crippen LogP) is 4.22. The summed E-state index contributed by atoms with van der Waals surface area (Å²) in [5, 5.41) is 7.67. The lowest BCUT2D eigenvalue weighted by atomic mass is 9.92. The van der Waals surface area contributed by atoms with Crippen LogP contribution in [0.2, 0.25) is 0 Å². The Morgan fingerprint density at radius 3 is 2.63 bits per heavy atom. The lowest BCUT2D eigenvalue weighted by Gasteiger charge is -2.46. The van der Waals surface area contributed by atoms with Gasteiger partial charge in [0.2, 0.25) is 0 Å². The second kappa shape index (κ2) is 8.90. The van der Waals surface area contributed by atoms with E-state index in [9.17, 15) is 4.39 Å². The highest BCUT2D eigenvalue weighted by molar-refractivity contribution is 5.75. The molecule has 0 saturated carbocycles. The molecule has 3 atom stereocenters. The fourth-order valence-electron chi connectivity index (χ4n) is 4.99. The van der Waals surface area contributed by atoms with E-state index >= 15 is 0 Å². The molecule has 0 aliphatic carbocycles. The number of halogens is 1. The van der Waals surface area contributed by atoms with Gasteiger partial charge in [-0.15, -0.1) is 0 Å². The molecule has 2 aliphatic rings. The van der Waals surface area contributed by atoms with Crippen molar-refractivity contribution in [3.63, 3.8) is 0 Å². The molecule has 2 saturated heterocycles. The van der Waals surface area contributed by atoms with E-state index in [1.165, 1.54) is 12.3 Å². The third-order valence-electron chi connectivity index (χ3n) is 6.90. The molecular weight excluding hydrogens is 447 g/mol. The van der Waals surface area contributed by atoms with E-state index < -0.39 is 0 Å². The first kappa shape index (κ1) is 21.9. The first-order chi connectivity index (χ1) is 17.0. The minimum Gasteiger partial charge on any atom is -0.488 e. The lowest BCUT2D eigenvalue weighted by Crippen LogP contribution is -2.57. The minimum atomic E-state index is -0.377. The van der Waals surface area contributed by atoms with Crippen molar-refractivity contribution in [2.75, 3.05) is 25.6 Å². The molecule has 0 spiro atoms. The minimum absolute atomic E-state index is 0.131. The van der Waals surface area contributed by atoms with Crippen LogP contribution in [0.3, 0.4) is 0 Å². The summed E-state index contributed by atoms with van der Waals surface area (Å²) < 4.78 is 27.3. The summed E-state index contributed by atoms with van der Waals surface area (Å²) in [6.45, 7) is 3.50. The Balaban J connectivity index is 1.27. The normalized spacial score (nSPS) is 22.3. The fraction of sp³-hybridized carbons (Fsp3) is 0.346. The maximum atomic E-state index is 13.2. The van der Waals surface area contributed by atoms with Crippen LogP contribution in [0.1, 0.15) is 18.5 Å². The van der Waals surface area contributed by atoms with Gasteiger partial charge in [0.15, 0.2) is 5.82 Å². The van der Waals surface area contributed by atoms with Crippen molar-refractivity contribution >= 4 is 17.2 Å². The van der Waals surface area contributed by atoms with Gasteiger partial charge >= 0.3 is 0 Å². The number of rotatable bonds is 5. The smallest absolute Gasteiger partial charge is 0.154 e. The number of aryl methyl sites for hydroxylation is 1. The Kier molecular flexibility index (Phi) is 5.58. The fourth-order valence-corrected chi connectivity index (χ4v) is 4.99. The van der Waals surface area contributed by atoms with Gasteiger partial charge in [-0.05, 0) is 49.9 Å². The van der Waals surface area contributed by atoms with Crippen molar-refractivity contribution in [3.8, 4) is 16.9 Å². The SMILES string of the molecule is Cc1cc(-c2ccn3nc(Nc4ccc(F)cn4)cc3c2)c(OC2C[C@H]3COC[C@@H](C2)N3C)cn1. The van der Waals surface area contributed by atoms with Gasteiger partial charge in [-0.25, -0.2) is 13.9 Å². The van der Waals surface area contributed by atoms with Crippen LogP contribution in [0.5, 0.6) is 5.75 Å². The third-order valence-corrected chi connectivity index (χ3v) is 6.90. The molecule has 180 valence electrons. The van der Waals surface area contributed by atoms with Crippen molar-refractivity contribution in [1.29, 1.82) is 0 Å². The summed E-state index contributed by atoms with van der Waals surface area (Å²) in [5.41, 5.74) is 3.88. The Labute approximate surface area is 202 Å². The predicted molar refractivity (Wildman–Crippen MR) is 130 cm³/mol. The van der Waals surface area contributed by atoms with Gasteiger partial charge in [0.1, 0.15) is 23.5 Å². The van der Waals surface area contributed by atoms with Gasteiger partial charge in [-0.2, -0.15) is 5.10 Å². The number of hydrogen-bond acceptors (Lipinski definition) is 7. The Morgan fingerprint density at radius 1 is 1.03 bits per heavy atom. The Bertz CT molecular complexity index is 1340. The second-order valence-electron chi connectivity index (χ2n) is 9.34. The van der Waals surface area contributed by atoms with Crippen LogP contribution >= 0.6 is 0 Å². The molecule has 0 radical (unpaired) electrons. The number of hydrogen-bond donors (Lipinski definition) is 1. The Hall–Kier alpha value is -3.56. The molecular formula is C26H27FN6O2. The van der Waals surface area contributed by atoms with E-state index in [0.29, 0.717) is 23.7 Å². The average molecular weight is 475 g/mol. The maximum Gasteiger partial charge on any atom is 0.154 e. The van der Waals surface area contributed by atoms with Crippen LogP contribution in [-0.4, -0.2) is 62.9 Å². The number of ether oxygens (including phenoxy) is 2. The first-order valence-electron chi connectivity index (χ1n) is 11.8. The molecule has 4 aromatic rings. The zero-order valence-corrected chi connectivity index (χ0v) is 19.7. The molecule has 8 nitrogen and oxygen atoms in total.